The molecule has 17 heavy (non-hydrogen) atoms. The molecule has 0 unspecified atom stereocenters. The average Bonchev–Trinajstić information content (AvgIpc) is 2.38. The maximum absolute atomic E-state index is 3.97. The first-order valence-corrected chi connectivity index (χ1v) is 6.40. The number of aryl methyl sites for hydroxylation is 1. The molecule has 0 N–H and O–H groups in total. The van der Waals surface area contributed by atoms with Gasteiger partial charge in [0.1, 0.15) is 0 Å². The van der Waals surface area contributed by atoms with Gasteiger partial charge in [-0.3, -0.25) is 0 Å². The van der Waals surface area contributed by atoms with Gasteiger partial charge in [0.2, 0.25) is 0 Å². The zero-order valence-corrected chi connectivity index (χ0v) is 10.7. The fourth-order valence-corrected chi connectivity index (χ4v) is 1.74. The SMILES string of the molecule is CC#CN=CCCCCCCc1ccccc1. The number of nitrogens with zero attached hydrogens (tertiary/aromatic N) is 1. The van der Waals surface area contributed by atoms with Crippen molar-refractivity contribution in [1.82, 2.24) is 0 Å². The summed E-state index contributed by atoms with van der Waals surface area (Å²) < 4.78 is 0. The van der Waals surface area contributed by atoms with E-state index in [1.807, 2.05) is 6.21 Å². The van der Waals surface area contributed by atoms with Crippen molar-refractivity contribution in [3.05, 3.63) is 35.9 Å². The van der Waals surface area contributed by atoms with Gasteiger partial charge < -0.3 is 0 Å². The van der Waals surface area contributed by atoms with Crippen molar-refractivity contribution in [1.29, 1.82) is 0 Å². The van der Waals surface area contributed by atoms with Gasteiger partial charge in [0.25, 0.3) is 0 Å². The van der Waals surface area contributed by atoms with E-state index in [1.165, 1.54) is 37.7 Å². The van der Waals surface area contributed by atoms with Crippen molar-refractivity contribution in [3.8, 4) is 12.0 Å². The highest BCUT2D eigenvalue weighted by atomic mass is 14.6. The van der Waals surface area contributed by atoms with Gasteiger partial charge in [-0.15, -0.1) is 0 Å². The molecule has 0 saturated carbocycles. The molecule has 1 aromatic carbocycles. The molecule has 0 saturated heterocycles. The minimum Gasteiger partial charge on any atom is -0.210 e. The summed E-state index contributed by atoms with van der Waals surface area (Å²) in [6.45, 7) is 1.81. The summed E-state index contributed by atoms with van der Waals surface area (Å²) in [5.41, 5.74) is 1.45. The summed E-state index contributed by atoms with van der Waals surface area (Å²) in [6.07, 6.45) is 9.30. The summed E-state index contributed by atoms with van der Waals surface area (Å²) in [4.78, 5) is 3.97. The molecular formula is C16H21N. The fourth-order valence-electron chi connectivity index (χ4n) is 1.74. The molecule has 90 valence electrons. The summed E-state index contributed by atoms with van der Waals surface area (Å²) in [5.74, 6) is 2.75. The molecule has 1 rings (SSSR count). The Morgan fingerprint density at radius 2 is 1.82 bits per heavy atom. The highest BCUT2D eigenvalue weighted by molar-refractivity contribution is 5.58. The number of unbranched alkanes of at least 4 members (excludes halogenated alkanes) is 4. The van der Waals surface area contributed by atoms with Crippen molar-refractivity contribution in [2.75, 3.05) is 0 Å². The minimum absolute atomic E-state index is 1.06. The predicted octanol–water partition coefficient (Wildman–Crippen LogP) is 4.23. The number of hydrogen-bond donors (Lipinski definition) is 0. The second-order valence-corrected chi connectivity index (χ2v) is 4.11. The third-order valence-electron chi connectivity index (χ3n) is 2.66. The molecule has 1 aromatic rings. The standard InChI is InChI=1S/C16H21N/c1-2-14-17-15-10-5-3-4-7-11-16-12-8-6-9-13-16/h6,8-9,12-13,15H,3-5,7,10-11H2,1H3. The highest BCUT2D eigenvalue weighted by Crippen LogP contribution is 2.08. The Kier molecular flexibility index (Phi) is 7.68. The van der Waals surface area contributed by atoms with Gasteiger partial charge in [0.05, 0.1) is 0 Å². The van der Waals surface area contributed by atoms with Crippen LogP contribution in [0.1, 0.15) is 44.6 Å². The molecule has 0 heterocycles. The lowest BCUT2D eigenvalue weighted by Crippen LogP contribution is -1.85. The Labute approximate surface area is 105 Å². The molecule has 1 heteroatoms. The lowest BCUT2D eigenvalue weighted by atomic mass is 10.1. The number of rotatable bonds is 7. The highest BCUT2D eigenvalue weighted by Gasteiger charge is 1.92. The Hall–Kier alpha value is -1.55. The van der Waals surface area contributed by atoms with Crippen LogP contribution in [0.2, 0.25) is 0 Å². The van der Waals surface area contributed by atoms with Crippen LogP contribution < -0.4 is 0 Å². The van der Waals surface area contributed by atoms with Gasteiger partial charge in [0, 0.05) is 12.3 Å². The van der Waals surface area contributed by atoms with Crippen molar-refractivity contribution < 1.29 is 0 Å². The molecule has 0 spiro atoms. The summed E-state index contributed by atoms with van der Waals surface area (Å²) in [5, 5.41) is 0. The van der Waals surface area contributed by atoms with Crippen LogP contribution in [0.15, 0.2) is 35.3 Å². The normalized spacial score (nSPS) is 10.2. The zero-order chi connectivity index (χ0) is 12.2. The first-order valence-electron chi connectivity index (χ1n) is 6.40. The molecule has 0 amide bonds. The van der Waals surface area contributed by atoms with E-state index in [0.29, 0.717) is 0 Å². The van der Waals surface area contributed by atoms with Crippen LogP contribution in [0.5, 0.6) is 0 Å². The lowest BCUT2D eigenvalue weighted by Gasteiger charge is -2.00. The van der Waals surface area contributed by atoms with Crippen LogP contribution in [0.3, 0.4) is 0 Å². The van der Waals surface area contributed by atoms with Gasteiger partial charge in [-0.05, 0) is 38.2 Å². The van der Waals surface area contributed by atoms with Gasteiger partial charge in [0.15, 0.2) is 0 Å². The van der Waals surface area contributed by atoms with E-state index in [1.54, 1.807) is 6.92 Å². The Balaban J connectivity index is 1.96. The third kappa shape index (κ3) is 7.36. The van der Waals surface area contributed by atoms with Crippen LogP contribution in [-0.2, 0) is 6.42 Å². The quantitative estimate of drug-likeness (QED) is 0.375. The lowest BCUT2D eigenvalue weighted by molar-refractivity contribution is 0.654. The average molecular weight is 227 g/mol. The minimum atomic E-state index is 1.06. The summed E-state index contributed by atoms with van der Waals surface area (Å²) in [6, 6.07) is 13.4. The molecule has 0 radical (unpaired) electrons. The van der Waals surface area contributed by atoms with E-state index in [-0.39, 0.29) is 0 Å². The summed E-state index contributed by atoms with van der Waals surface area (Å²) >= 11 is 0. The van der Waals surface area contributed by atoms with E-state index in [2.05, 4.69) is 47.3 Å². The van der Waals surface area contributed by atoms with E-state index < -0.39 is 0 Å². The van der Waals surface area contributed by atoms with E-state index in [0.717, 1.165) is 6.42 Å². The third-order valence-corrected chi connectivity index (χ3v) is 2.66. The molecule has 0 fully saturated rings. The monoisotopic (exact) mass is 227 g/mol. The number of hydrogen-bond acceptors (Lipinski definition) is 1. The largest absolute Gasteiger partial charge is 0.210 e. The Morgan fingerprint density at radius 1 is 1.06 bits per heavy atom. The Bertz CT molecular complexity index is 368. The van der Waals surface area contributed by atoms with E-state index in [9.17, 15) is 0 Å². The predicted molar refractivity (Wildman–Crippen MR) is 75.2 cm³/mol. The van der Waals surface area contributed by atoms with Gasteiger partial charge >= 0.3 is 0 Å². The Morgan fingerprint density at radius 3 is 2.59 bits per heavy atom. The van der Waals surface area contributed by atoms with Crippen LogP contribution in [0.25, 0.3) is 0 Å². The first kappa shape index (κ1) is 13.5. The second-order valence-electron chi connectivity index (χ2n) is 4.11. The molecule has 0 atom stereocenters. The number of aliphatic imine (C=N–C) groups is 1. The van der Waals surface area contributed by atoms with Crippen molar-refractivity contribution in [2.45, 2.75) is 45.4 Å². The zero-order valence-electron chi connectivity index (χ0n) is 10.7. The topological polar surface area (TPSA) is 12.4 Å². The van der Waals surface area contributed by atoms with Crippen molar-refractivity contribution in [3.63, 3.8) is 0 Å². The smallest absolute Gasteiger partial charge is 0.0330 e. The molecule has 1 nitrogen and oxygen atoms in total. The van der Waals surface area contributed by atoms with Crippen molar-refractivity contribution in [2.24, 2.45) is 4.99 Å². The van der Waals surface area contributed by atoms with Crippen LogP contribution in [-0.4, -0.2) is 6.21 Å². The van der Waals surface area contributed by atoms with Crippen LogP contribution >= 0.6 is 0 Å². The van der Waals surface area contributed by atoms with Crippen molar-refractivity contribution >= 4 is 6.21 Å². The first-order chi connectivity index (χ1) is 8.43. The van der Waals surface area contributed by atoms with Gasteiger partial charge in [-0.25, -0.2) is 4.99 Å². The number of benzene rings is 1. The van der Waals surface area contributed by atoms with E-state index >= 15 is 0 Å². The molecule has 0 aliphatic heterocycles. The fraction of sp³-hybridized carbons (Fsp3) is 0.438. The molecule has 0 bridgehead atoms. The summed E-state index contributed by atoms with van der Waals surface area (Å²) in [7, 11) is 0. The van der Waals surface area contributed by atoms with Crippen LogP contribution in [0, 0.1) is 12.0 Å². The second kappa shape index (κ2) is 9.66. The van der Waals surface area contributed by atoms with Gasteiger partial charge in [-0.1, -0.05) is 49.1 Å². The van der Waals surface area contributed by atoms with Crippen LogP contribution in [0.4, 0.5) is 0 Å². The molecular weight excluding hydrogens is 206 g/mol. The molecule has 0 aliphatic carbocycles. The maximum Gasteiger partial charge on any atom is 0.0330 e. The van der Waals surface area contributed by atoms with Gasteiger partial charge in [-0.2, -0.15) is 0 Å². The maximum atomic E-state index is 3.97. The molecule has 0 aromatic heterocycles. The molecule has 0 aliphatic rings. The van der Waals surface area contributed by atoms with E-state index in [4.69, 9.17) is 0 Å².